The minimum atomic E-state index is -0.169. The number of nitrogens with zero attached hydrogens (tertiary/aromatic N) is 2. The van der Waals surface area contributed by atoms with E-state index in [1.54, 1.807) is 20.4 Å². The SMILES string of the molecule is COc1cc(CCCC(=O)NNc2nncc3ccccc23)cc(OC)c1CO. The Morgan fingerprint density at radius 2 is 1.86 bits per heavy atom. The first-order valence-corrected chi connectivity index (χ1v) is 9.26. The number of hydrogen-bond acceptors (Lipinski definition) is 7. The van der Waals surface area contributed by atoms with Gasteiger partial charge in [-0.2, -0.15) is 5.10 Å². The number of carbonyl (C=O) groups excluding carboxylic acids is 1. The molecule has 3 aromatic rings. The molecule has 0 fully saturated rings. The molecule has 2 aromatic carbocycles. The molecule has 1 heterocycles. The van der Waals surface area contributed by atoms with Gasteiger partial charge in [0.1, 0.15) is 11.5 Å². The fourth-order valence-electron chi connectivity index (χ4n) is 3.10. The highest BCUT2D eigenvalue weighted by Crippen LogP contribution is 2.31. The van der Waals surface area contributed by atoms with Gasteiger partial charge in [0.2, 0.25) is 5.91 Å². The summed E-state index contributed by atoms with van der Waals surface area (Å²) in [6.07, 6.45) is 3.31. The van der Waals surface area contributed by atoms with E-state index < -0.39 is 0 Å². The molecule has 0 bridgehead atoms. The maximum Gasteiger partial charge on any atom is 0.238 e. The van der Waals surface area contributed by atoms with Crippen LogP contribution < -0.4 is 20.3 Å². The molecule has 0 spiro atoms. The molecule has 0 unspecified atom stereocenters. The fraction of sp³-hybridized carbons (Fsp3) is 0.286. The zero-order chi connectivity index (χ0) is 20.6. The summed E-state index contributed by atoms with van der Waals surface area (Å²) >= 11 is 0. The first-order valence-electron chi connectivity index (χ1n) is 9.26. The number of methoxy groups -OCH3 is 2. The van der Waals surface area contributed by atoms with Crippen LogP contribution in [0.5, 0.6) is 11.5 Å². The molecular weight excluding hydrogens is 372 g/mol. The number of rotatable bonds is 9. The second kappa shape index (κ2) is 9.70. The predicted molar refractivity (Wildman–Crippen MR) is 110 cm³/mol. The van der Waals surface area contributed by atoms with Gasteiger partial charge in [-0.25, -0.2) is 0 Å². The van der Waals surface area contributed by atoms with E-state index in [-0.39, 0.29) is 12.5 Å². The lowest BCUT2D eigenvalue weighted by atomic mass is 10.0. The van der Waals surface area contributed by atoms with Crippen LogP contribution in [0.3, 0.4) is 0 Å². The van der Waals surface area contributed by atoms with Crippen molar-refractivity contribution in [2.75, 3.05) is 19.6 Å². The van der Waals surface area contributed by atoms with Crippen LogP contribution in [0.4, 0.5) is 5.82 Å². The molecule has 1 amide bonds. The summed E-state index contributed by atoms with van der Waals surface area (Å²) in [5.74, 6) is 1.50. The van der Waals surface area contributed by atoms with E-state index >= 15 is 0 Å². The molecule has 29 heavy (non-hydrogen) atoms. The van der Waals surface area contributed by atoms with E-state index in [0.717, 1.165) is 16.3 Å². The van der Waals surface area contributed by atoms with Crippen LogP contribution in [-0.2, 0) is 17.8 Å². The van der Waals surface area contributed by atoms with Gasteiger partial charge in [-0.1, -0.05) is 24.3 Å². The third kappa shape index (κ3) is 4.91. The Bertz CT molecular complexity index is 963. The highest BCUT2D eigenvalue weighted by molar-refractivity contribution is 5.91. The number of aliphatic hydroxyl groups is 1. The zero-order valence-corrected chi connectivity index (χ0v) is 16.4. The predicted octanol–water partition coefficient (Wildman–Crippen LogP) is 2.61. The van der Waals surface area contributed by atoms with E-state index in [4.69, 9.17) is 9.47 Å². The molecule has 1 aromatic heterocycles. The minimum Gasteiger partial charge on any atom is -0.496 e. The number of hydrogen-bond donors (Lipinski definition) is 3. The summed E-state index contributed by atoms with van der Waals surface area (Å²) in [7, 11) is 3.10. The Morgan fingerprint density at radius 1 is 1.14 bits per heavy atom. The van der Waals surface area contributed by atoms with Crippen molar-refractivity contribution in [2.24, 2.45) is 0 Å². The van der Waals surface area contributed by atoms with Gasteiger partial charge in [0, 0.05) is 17.2 Å². The lowest BCUT2D eigenvalue weighted by Crippen LogP contribution is -2.29. The first kappa shape index (κ1) is 20.3. The van der Waals surface area contributed by atoms with Crippen molar-refractivity contribution < 1.29 is 19.4 Å². The van der Waals surface area contributed by atoms with Gasteiger partial charge in [0.25, 0.3) is 0 Å². The summed E-state index contributed by atoms with van der Waals surface area (Å²) in [5, 5.41) is 19.3. The second-order valence-corrected chi connectivity index (χ2v) is 6.44. The normalized spacial score (nSPS) is 10.6. The number of amides is 1. The number of hydrazine groups is 1. The van der Waals surface area contributed by atoms with E-state index in [2.05, 4.69) is 21.0 Å². The number of aryl methyl sites for hydroxylation is 1. The van der Waals surface area contributed by atoms with Gasteiger partial charge in [0.15, 0.2) is 5.82 Å². The molecule has 0 saturated carbocycles. The van der Waals surface area contributed by atoms with Gasteiger partial charge in [-0.05, 0) is 30.5 Å². The number of fused-ring (bicyclic) bond motifs is 1. The zero-order valence-electron chi connectivity index (χ0n) is 16.4. The van der Waals surface area contributed by atoms with Crippen molar-refractivity contribution in [2.45, 2.75) is 25.9 Å². The molecule has 152 valence electrons. The highest BCUT2D eigenvalue weighted by Gasteiger charge is 2.12. The Hall–Kier alpha value is -3.39. The third-order valence-electron chi connectivity index (χ3n) is 4.59. The van der Waals surface area contributed by atoms with E-state index in [1.165, 1.54) is 0 Å². The number of ether oxygens (including phenoxy) is 2. The average Bonchev–Trinajstić information content (AvgIpc) is 2.76. The number of anilines is 1. The Morgan fingerprint density at radius 3 is 2.55 bits per heavy atom. The molecule has 0 radical (unpaired) electrons. The number of carbonyl (C=O) groups is 1. The number of aliphatic hydroxyl groups excluding tert-OH is 1. The van der Waals surface area contributed by atoms with E-state index in [1.807, 2.05) is 36.4 Å². The van der Waals surface area contributed by atoms with Crippen LogP contribution in [0.25, 0.3) is 10.8 Å². The Kier molecular flexibility index (Phi) is 6.80. The largest absolute Gasteiger partial charge is 0.496 e. The third-order valence-corrected chi connectivity index (χ3v) is 4.59. The topological polar surface area (TPSA) is 106 Å². The minimum absolute atomic E-state index is 0.148. The van der Waals surface area contributed by atoms with Crippen molar-refractivity contribution in [3.05, 3.63) is 53.7 Å². The molecule has 3 rings (SSSR count). The van der Waals surface area contributed by atoms with Gasteiger partial charge >= 0.3 is 0 Å². The number of aromatic nitrogens is 2. The Labute approximate surface area is 168 Å². The molecule has 0 aliphatic rings. The molecule has 0 aliphatic carbocycles. The molecule has 0 atom stereocenters. The molecule has 0 saturated heterocycles. The first-order chi connectivity index (χ1) is 14.2. The van der Waals surface area contributed by atoms with Gasteiger partial charge < -0.3 is 14.6 Å². The van der Waals surface area contributed by atoms with E-state index in [9.17, 15) is 9.90 Å². The maximum absolute atomic E-state index is 12.2. The van der Waals surface area contributed by atoms with Gasteiger partial charge in [-0.15, -0.1) is 5.10 Å². The standard InChI is InChI=1S/C21H24N4O4/c1-28-18-10-14(11-19(29-2)17(18)13-26)6-5-9-20(27)23-25-21-16-8-4-3-7-15(16)12-22-24-21/h3-4,7-8,10-12,26H,5-6,9,13H2,1-2H3,(H,23,27)(H,24,25). The van der Waals surface area contributed by atoms with E-state index in [0.29, 0.717) is 42.1 Å². The lowest BCUT2D eigenvalue weighted by Gasteiger charge is -2.14. The van der Waals surface area contributed by atoms with Crippen LogP contribution in [0.2, 0.25) is 0 Å². The van der Waals surface area contributed by atoms with Crippen LogP contribution in [0.1, 0.15) is 24.0 Å². The summed E-state index contributed by atoms with van der Waals surface area (Å²) in [5.41, 5.74) is 7.09. The van der Waals surface area contributed by atoms with Crippen molar-refractivity contribution in [3.8, 4) is 11.5 Å². The highest BCUT2D eigenvalue weighted by atomic mass is 16.5. The van der Waals surface area contributed by atoms with Crippen LogP contribution in [0, 0.1) is 0 Å². The van der Waals surface area contributed by atoms with Crippen molar-refractivity contribution in [1.82, 2.24) is 15.6 Å². The number of benzene rings is 2. The maximum atomic E-state index is 12.2. The van der Waals surface area contributed by atoms with Gasteiger partial charge in [-0.3, -0.25) is 15.6 Å². The summed E-state index contributed by atoms with van der Waals surface area (Å²) < 4.78 is 10.7. The van der Waals surface area contributed by atoms with Crippen LogP contribution in [0.15, 0.2) is 42.6 Å². The summed E-state index contributed by atoms with van der Waals surface area (Å²) in [6, 6.07) is 11.4. The number of nitrogens with one attached hydrogen (secondary N) is 2. The molecule has 8 heteroatoms. The molecule has 0 aliphatic heterocycles. The lowest BCUT2D eigenvalue weighted by molar-refractivity contribution is -0.120. The quantitative estimate of drug-likeness (QED) is 0.478. The van der Waals surface area contributed by atoms with Gasteiger partial charge in [0.05, 0.1) is 32.6 Å². The molecular formula is C21H24N4O4. The van der Waals surface area contributed by atoms with Crippen molar-refractivity contribution >= 4 is 22.5 Å². The van der Waals surface area contributed by atoms with Crippen LogP contribution >= 0.6 is 0 Å². The average molecular weight is 396 g/mol. The van der Waals surface area contributed by atoms with Crippen molar-refractivity contribution in [3.63, 3.8) is 0 Å². The van der Waals surface area contributed by atoms with Crippen molar-refractivity contribution in [1.29, 1.82) is 0 Å². The molecule has 3 N–H and O–H groups in total. The summed E-state index contributed by atoms with van der Waals surface area (Å²) in [6.45, 7) is -0.169. The smallest absolute Gasteiger partial charge is 0.238 e. The van der Waals surface area contributed by atoms with Crippen LogP contribution in [-0.4, -0.2) is 35.4 Å². The summed E-state index contributed by atoms with van der Waals surface area (Å²) in [4.78, 5) is 12.2. The monoisotopic (exact) mass is 396 g/mol. The molecule has 8 nitrogen and oxygen atoms in total. The fourth-order valence-corrected chi connectivity index (χ4v) is 3.10. The Balaban J connectivity index is 1.55. The second-order valence-electron chi connectivity index (χ2n) is 6.44.